The van der Waals surface area contributed by atoms with Gasteiger partial charge in [-0.3, -0.25) is 9.59 Å². The molecule has 1 aromatic carbocycles. The van der Waals surface area contributed by atoms with Crippen molar-refractivity contribution in [2.45, 2.75) is 142 Å². The summed E-state index contributed by atoms with van der Waals surface area (Å²) in [6.07, 6.45) is 10.1. The molecule has 5 rings (SSSR count). The molecular formula is C36H58BN3O6. The van der Waals surface area contributed by atoms with Crippen molar-refractivity contribution in [1.29, 1.82) is 0 Å². The minimum Gasteiger partial charge on any atom is -0.445 e. The number of carbonyl (C=O) groups is 3. The van der Waals surface area contributed by atoms with Crippen molar-refractivity contribution >= 4 is 25.0 Å². The zero-order valence-electron chi connectivity index (χ0n) is 29.1. The average Bonchev–Trinajstić information content (AvgIpc) is 3.38. The highest BCUT2D eigenvalue weighted by molar-refractivity contribution is 6.48. The van der Waals surface area contributed by atoms with Crippen LogP contribution < -0.4 is 16.0 Å². The van der Waals surface area contributed by atoms with Gasteiger partial charge in [0.25, 0.3) is 0 Å². The van der Waals surface area contributed by atoms with Gasteiger partial charge in [0.1, 0.15) is 12.6 Å². The normalized spacial score (nSPS) is 25.6. The molecule has 2 bridgehead atoms. The van der Waals surface area contributed by atoms with Crippen LogP contribution in [0.25, 0.3) is 0 Å². The number of amides is 3. The SMILES string of the molecule is CCCCCCCCCC(=O)N[C@@H](CNC(=O)OCc1ccccc1)C(=O)N[C@@H](CC(C)C)B1O[C@@H]2C[C@@H]3C[C@@H](C3(C)C)[C@]2(C)O1. The number of unbranched alkanes of at least 4 members (excludes halogenated alkanes) is 6. The van der Waals surface area contributed by atoms with Crippen LogP contribution in [0.5, 0.6) is 0 Å². The quantitative estimate of drug-likeness (QED) is 0.128. The van der Waals surface area contributed by atoms with E-state index in [0.29, 0.717) is 24.7 Å². The van der Waals surface area contributed by atoms with E-state index in [4.69, 9.17) is 14.0 Å². The lowest BCUT2D eigenvalue weighted by Crippen LogP contribution is -2.65. The summed E-state index contributed by atoms with van der Waals surface area (Å²) in [6.45, 7) is 13.3. The summed E-state index contributed by atoms with van der Waals surface area (Å²) >= 11 is 0. The zero-order chi connectivity index (χ0) is 33.3. The number of hydrogen-bond donors (Lipinski definition) is 3. The number of nitrogens with one attached hydrogen (secondary N) is 3. The second-order valence-corrected chi connectivity index (χ2v) is 15.0. The third-order valence-electron chi connectivity index (χ3n) is 10.7. The van der Waals surface area contributed by atoms with Crippen LogP contribution in [0.3, 0.4) is 0 Å². The maximum atomic E-state index is 13.8. The number of rotatable bonds is 18. The first-order chi connectivity index (χ1) is 21.9. The maximum Gasteiger partial charge on any atom is 0.481 e. The van der Waals surface area contributed by atoms with E-state index in [9.17, 15) is 14.4 Å². The first kappa shape index (κ1) is 36.3. The predicted molar refractivity (Wildman–Crippen MR) is 181 cm³/mol. The molecule has 0 aromatic heterocycles. The Kier molecular flexibility index (Phi) is 13.0. The van der Waals surface area contributed by atoms with Gasteiger partial charge in [-0.2, -0.15) is 0 Å². The molecule has 0 radical (unpaired) electrons. The fraction of sp³-hybridized carbons (Fsp3) is 0.750. The van der Waals surface area contributed by atoms with Gasteiger partial charge in [0.2, 0.25) is 11.8 Å². The Bertz CT molecular complexity index is 1150. The van der Waals surface area contributed by atoms with E-state index in [1.807, 2.05) is 30.3 Å². The molecule has 3 amide bonds. The number of alkyl carbamates (subject to hydrolysis) is 1. The van der Waals surface area contributed by atoms with E-state index in [2.05, 4.69) is 57.5 Å². The first-order valence-electron chi connectivity index (χ1n) is 17.8. The van der Waals surface area contributed by atoms with Gasteiger partial charge >= 0.3 is 13.2 Å². The molecule has 3 saturated carbocycles. The molecule has 1 heterocycles. The summed E-state index contributed by atoms with van der Waals surface area (Å²) in [5.74, 6) is 0.326. The van der Waals surface area contributed by atoms with Crippen molar-refractivity contribution in [2.75, 3.05) is 6.54 Å². The molecule has 0 unspecified atom stereocenters. The lowest BCUT2D eigenvalue weighted by molar-refractivity contribution is -0.199. The third kappa shape index (κ3) is 9.27. The highest BCUT2D eigenvalue weighted by Crippen LogP contribution is 2.65. The van der Waals surface area contributed by atoms with Crippen molar-refractivity contribution in [3.63, 3.8) is 0 Å². The minimum atomic E-state index is -0.970. The summed E-state index contributed by atoms with van der Waals surface area (Å²) in [6, 6.07) is 8.42. The van der Waals surface area contributed by atoms with Crippen LogP contribution in [-0.4, -0.2) is 55.3 Å². The predicted octanol–water partition coefficient (Wildman–Crippen LogP) is 6.34. The van der Waals surface area contributed by atoms with Gasteiger partial charge < -0.3 is 30.0 Å². The molecule has 3 aliphatic carbocycles. The number of ether oxygens (including phenoxy) is 1. The molecule has 4 fully saturated rings. The standard InChI is InChI=1S/C36H58BN3O6/c1-7-8-9-10-11-12-16-19-32(41)39-28(23-38-34(43)44-24-26-17-14-13-15-18-26)33(42)40-31(20-25(2)3)37-45-30-22-27-21-29(35(27,4)5)36(30,6)46-37/h13-15,17-18,25,27-31H,7-12,16,19-24H2,1-6H3,(H,38,43)(H,39,41)(H,40,42)/t27-,28-,29-,30+,31-,36-/m0/s1. The Hall–Kier alpha value is -2.59. The van der Waals surface area contributed by atoms with Gasteiger partial charge in [0.15, 0.2) is 0 Å². The summed E-state index contributed by atoms with van der Waals surface area (Å²) in [7, 11) is -0.579. The number of hydrogen-bond acceptors (Lipinski definition) is 6. The van der Waals surface area contributed by atoms with Crippen molar-refractivity contribution in [3.8, 4) is 0 Å². The molecule has 0 spiro atoms. The van der Waals surface area contributed by atoms with Crippen LogP contribution in [0.1, 0.15) is 118 Å². The van der Waals surface area contributed by atoms with Crippen molar-refractivity contribution in [1.82, 2.24) is 16.0 Å². The number of carbonyl (C=O) groups excluding carboxylic acids is 3. The van der Waals surface area contributed by atoms with Gasteiger partial charge in [-0.25, -0.2) is 4.79 Å². The molecule has 1 aromatic rings. The molecule has 4 aliphatic rings. The smallest absolute Gasteiger partial charge is 0.445 e. The fourth-order valence-electron chi connectivity index (χ4n) is 7.78. The van der Waals surface area contributed by atoms with E-state index in [1.165, 1.54) is 25.7 Å². The molecular weight excluding hydrogens is 581 g/mol. The summed E-state index contributed by atoms with van der Waals surface area (Å²) < 4.78 is 18.6. The lowest BCUT2D eigenvalue weighted by Gasteiger charge is -2.64. The first-order valence-corrected chi connectivity index (χ1v) is 17.8. The van der Waals surface area contributed by atoms with Gasteiger partial charge in [0, 0.05) is 6.42 Å². The van der Waals surface area contributed by atoms with Gasteiger partial charge in [-0.15, -0.1) is 0 Å². The molecule has 3 N–H and O–H groups in total. The second kappa shape index (κ2) is 16.5. The Balaban J connectivity index is 1.37. The van der Waals surface area contributed by atoms with Crippen molar-refractivity contribution in [2.24, 2.45) is 23.2 Å². The summed E-state index contributed by atoms with van der Waals surface area (Å²) in [5, 5.41) is 8.73. The van der Waals surface area contributed by atoms with E-state index in [1.54, 1.807) is 0 Å². The lowest BCUT2D eigenvalue weighted by atomic mass is 9.43. The molecule has 256 valence electrons. The zero-order valence-corrected chi connectivity index (χ0v) is 29.1. The second-order valence-electron chi connectivity index (χ2n) is 15.0. The van der Waals surface area contributed by atoms with Crippen LogP contribution >= 0.6 is 0 Å². The van der Waals surface area contributed by atoms with E-state index in [-0.39, 0.29) is 42.4 Å². The Labute approximate surface area is 277 Å². The van der Waals surface area contributed by atoms with Crippen LogP contribution in [0, 0.1) is 23.2 Å². The van der Waals surface area contributed by atoms with E-state index >= 15 is 0 Å². The maximum absolute atomic E-state index is 13.8. The molecule has 6 atom stereocenters. The summed E-state index contributed by atoms with van der Waals surface area (Å²) in [5.41, 5.74) is 0.682. The minimum absolute atomic E-state index is 0.000590. The molecule has 1 saturated heterocycles. The molecule has 9 nitrogen and oxygen atoms in total. The van der Waals surface area contributed by atoms with Crippen LogP contribution in [-0.2, 0) is 30.2 Å². The van der Waals surface area contributed by atoms with Crippen LogP contribution in [0.15, 0.2) is 30.3 Å². The van der Waals surface area contributed by atoms with Gasteiger partial charge in [-0.05, 0) is 61.3 Å². The average molecular weight is 640 g/mol. The summed E-state index contributed by atoms with van der Waals surface area (Å²) in [4.78, 5) is 39.4. The van der Waals surface area contributed by atoms with Gasteiger partial charge in [0.05, 0.1) is 24.2 Å². The fourth-order valence-corrected chi connectivity index (χ4v) is 7.78. The third-order valence-corrected chi connectivity index (χ3v) is 10.7. The monoisotopic (exact) mass is 639 g/mol. The van der Waals surface area contributed by atoms with Crippen LogP contribution in [0.4, 0.5) is 4.79 Å². The largest absolute Gasteiger partial charge is 0.481 e. The molecule has 46 heavy (non-hydrogen) atoms. The van der Waals surface area contributed by atoms with Crippen molar-refractivity contribution in [3.05, 3.63) is 35.9 Å². The highest BCUT2D eigenvalue weighted by atomic mass is 16.7. The Morgan fingerprint density at radius 1 is 0.978 bits per heavy atom. The van der Waals surface area contributed by atoms with Crippen LogP contribution in [0.2, 0.25) is 0 Å². The molecule has 1 aliphatic heterocycles. The molecule has 10 heteroatoms. The topological polar surface area (TPSA) is 115 Å². The number of benzene rings is 1. The van der Waals surface area contributed by atoms with E-state index in [0.717, 1.165) is 37.7 Å². The Morgan fingerprint density at radius 2 is 1.67 bits per heavy atom. The highest BCUT2D eigenvalue weighted by Gasteiger charge is 2.68. The Morgan fingerprint density at radius 3 is 2.35 bits per heavy atom. The van der Waals surface area contributed by atoms with Gasteiger partial charge in [-0.1, -0.05) is 103 Å². The van der Waals surface area contributed by atoms with Crippen molar-refractivity contribution < 1.29 is 28.4 Å². The van der Waals surface area contributed by atoms with E-state index < -0.39 is 30.8 Å².